The molecule has 1 aliphatic carbocycles. The highest BCUT2D eigenvalue weighted by molar-refractivity contribution is 5.13. The molecule has 0 heteroatoms. The predicted octanol–water partition coefficient (Wildman–Crippen LogP) is 6.76. The maximum Gasteiger partial charge on any atom is -0.0164 e. The lowest BCUT2D eigenvalue weighted by atomic mass is 9.87. The fraction of sp³-hybridized carbons (Fsp3) is 0.600. The van der Waals surface area contributed by atoms with Gasteiger partial charge in [0.1, 0.15) is 0 Å². The molecule has 0 saturated heterocycles. The van der Waals surface area contributed by atoms with Crippen molar-refractivity contribution in [1.29, 1.82) is 0 Å². The van der Waals surface area contributed by atoms with Crippen LogP contribution in [0.25, 0.3) is 0 Å². The van der Waals surface area contributed by atoms with E-state index in [-0.39, 0.29) is 0 Å². The first-order valence-corrected chi connectivity index (χ1v) is 8.10. The molecule has 0 aromatic heterocycles. The fourth-order valence-electron chi connectivity index (χ4n) is 2.67. The molecule has 20 heavy (non-hydrogen) atoms. The summed E-state index contributed by atoms with van der Waals surface area (Å²) in [5.74, 6) is 0.719. The van der Waals surface area contributed by atoms with Crippen LogP contribution in [0.4, 0.5) is 0 Å². The largest absolute Gasteiger partial charge is 0.0853 e. The predicted molar refractivity (Wildman–Crippen MR) is 91.9 cm³/mol. The van der Waals surface area contributed by atoms with E-state index < -0.39 is 0 Å². The van der Waals surface area contributed by atoms with Crippen molar-refractivity contribution in [3.05, 3.63) is 46.6 Å². The van der Waals surface area contributed by atoms with E-state index in [4.69, 9.17) is 0 Å². The molecule has 0 N–H and O–H groups in total. The maximum atomic E-state index is 2.47. The van der Waals surface area contributed by atoms with Gasteiger partial charge >= 0.3 is 0 Å². The van der Waals surface area contributed by atoms with Crippen LogP contribution < -0.4 is 0 Å². The van der Waals surface area contributed by atoms with Gasteiger partial charge in [0.05, 0.1) is 0 Å². The highest BCUT2D eigenvalue weighted by Crippen LogP contribution is 2.26. The van der Waals surface area contributed by atoms with E-state index in [0.717, 1.165) is 12.3 Å². The van der Waals surface area contributed by atoms with Gasteiger partial charge in [0.15, 0.2) is 0 Å². The van der Waals surface area contributed by atoms with Gasteiger partial charge in [-0.05, 0) is 79.1 Å². The summed E-state index contributed by atoms with van der Waals surface area (Å²) in [5.41, 5.74) is 6.11. The molecule has 0 heterocycles. The van der Waals surface area contributed by atoms with Crippen LogP contribution in [0, 0.1) is 5.92 Å². The molecule has 1 rings (SSSR count). The average Bonchev–Trinajstić information content (AvgIpc) is 2.37. The Balaban J connectivity index is 2.73. The zero-order valence-corrected chi connectivity index (χ0v) is 14.1. The third kappa shape index (κ3) is 6.93. The highest BCUT2D eigenvalue weighted by Gasteiger charge is 2.10. The lowest BCUT2D eigenvalue weighted by molar-refractivity contribution is 0.559. The summed E-state index contributed by atoms with van der Waals surface area (Å²) in [5, 5.41) is 0. The summed E-state index contributed by atoms with van der Waals surface area (Å²) in [6.07, 6.45) is 16.9. The Morgan fingerprint density at radius 2 is 1.75 bits per heavy atom. The molecule has 0 spiro atoms. The van der Waals surface area contributed by atoms with Gasteiger partial charge in [-0.2, -0.15) is 0 Å². The van der Waals surface area contributed by atoms with Crippen LogP contribution in [0.2, 0.25) is 0 Å². The lowest BCUT2D eigenvalue weighted by Gasteiger charge is -2.18. The van der Waals surface area contributed by atoms with Crippen LogP contribution >= 0.6 is 0 Å². The molecule has 0 nitrogen and oxygen atoms in total. The van der Waals surface area contributed by atoms with Gasteiger partial charge in [0.2, 0.25) is 0 Å². The average molecular weight is 272 g/mol. The quantitative estimate of drug-likeness (QED) is 0.498. The van der Waals surface area contributed by atoms with Crippen molar-refractivity contribution < 1.29 is 0 Å². The number of hydrogen-bond donors (Lipinski definition) is 0. The molecule has 0 saturated carbocycles. The summed E-state index contributed by atoms with van der Waals surface area (Å²) in [6, 6.07) is 0. The van der Waals surface area contributed by atoms with Crippen molar-refractivity contribution in [3.8, 4) is 0 Å². The Bertz CT molecular complexity index is 411. The van der Waals surface area contributed by atoms with Gasteiger partial charge in [-0.3, -0.25) is 0 Å². The van der Waals surface area contributed by atoms with E-state index >= 15 is 0 Å². The molecular weight excluding hydrogens is 240 g/mol. The molecule has 1 atom stereocenters. The van der Waals surface area contributed by atoms with Crippen molar-refractivity contribution in [2.45, 2.75) is 73.1 Å². The standard InChI is InChI=1S/C20H32/c1-16(2)8-6-11-19(5)20-14-12-17(3)9-7-10-18(4)13-15-20/h8-9,11,13,20H,6-7,10,12,14-15H2,1-5H3. The first kappa shape index (κ1) is 17.0. The van der Waals surface area contributed by atoms with Crippen LogP contribution in [-0.2, 0) is 0 Å². The third-order valence-corrected chi connectivity index (χ3v) is 4.28. The Hall–Kier alpha value is -1.04. The van der Waals surface area contributed by atoms with E-state index in [1.165, 1.54) is 37.7 Å². The first-order valence-electron chi connectivity index (χ1n) is 8.10. The second kappa shape index (κ2) is 9.00. The van der Waals surface area contributed by atoms with Gasteiger partial charge in [0.25, 0.3) is 0 Å². The molecule has 0 amide bonds. The van der Waals surface area contributed by atoms with Crippen LogP contribution in [0.3, 0.4) is 0 Å². The topological polar surface area (TPSA) is 0 Å². The third-order valence-electron chi connectivity index (χ3n) is 4.28. The van der Waals surface area contributed by atoms with Crippen molar-refractivity contribution in [1.82, 2.24) is 0 Å². The smallest absolute Gasteiger partial charge is 0.0164 e. The second-order valence-corrected chi connectivity index (χ2v) is 6.58. The number of rotatable bonds is 3. The maximum absolute atomic E-state index is 2.47. The van der Waals surface area contributed by atoms with Crippen molar-refractivity contribution in [2.75, 3.05) is 0 Å². The minimum Gasteiger partial charge on any atom is -0.0853 e. The lowest BCUT2D eigenvalue weighted by Crippen LogP contribution is -2.03. The summed E-state index contributed by atoms with van der Waals surface area (Å²) in [6.45, 7) is 11.2. The normalized spacial score (nSPS) is 21.9. The molecule has 0 aromatic carbocycles. The molecular formula is C20H32. The van der Waals surface area contributed by atoms with Gasteiger partial charge in [-0.1, -0.05) is 46.6 Å². The Morgan fingerprint density at radius 1 is 1.05 bits per heavy atom. The molecule has 0 aromatic rings. The van der Waals surface area contributed by atoms with Crippen LogP contribution in [-0.4, -0.2) is 0 Å². The molecule has 1 unspecified atom stereocenters. The van der Waals surface area contributed by atoms with E-state index in [2.05, 4.69) is 58.9 Å². The zero-order valence-electron chi connectivity index (χ0n) is 14.1. The molecule has 0 fully saturated rings. The molecule has 112 valence electrons. The number of hydrogen-bond acceptors (Lipinski definition) is 0. The second-order valence-electron chi connectivity index (χ2n) is 6.58. The first-order chi connectivity index (χ1) is 9.49. The van der Waals surface area contributed by atoms with Crippen LogP contribution in [0.1, 0.15) is 73.1 Å². The van der Waals surface area contributed by atoms with Crippen molar-refractivity contribution in [3.63, 3.8) is 0 Å². The van der Waals surface area contributed by atoms with Crippen molar-refractivity contribution in [2.24, 2.45) is 5.92 Å². The fourth-order valence-corrected chi connectivity index (χ4v) is 2.67. The monoisotopic (exact) mass is 272 g/mol. The summed E-state index contributed by atoms with van der Waals surface area (Å²) in [4.78, 5) is 0. The minimum atomic E-state index is 0.719. The van der Waals surface area contributed by atoms with E-state index in [0.29, 0.717) is 0 Å². The van der Waals surface area contributed by atoms with Gasteiger partial charge in [-0.25, -0.2) is 0 Å². The summed E-state index contributed by atoms with van der Waals surface area (Å²) < 4.78 is 0. The summed E-state index contributed by atoms with van der Waals surface area (Å²) in [7, 11) is 0. The van der Waals surface area contributed by atoms with Crippen LogP contribution in [0.5, 0.6) is 0 Å². The molecule has 0 aliphatic heterocycles. The van der Waals surface area contributed by atoms with Gasteiger partial charge in [-0.15, -0.1) is 0 Å². The zero-order chi connectivity index (χ0) is 15.0. The number of allylic oxidation sites excluding steroid dienone is 8. The molecule has 0 bridgehead atoms. The van der Waals surface area contributed by atoms with Crippen molar-refractivity contribution >= 4 is 0 Å². The Labute approximate surface area is 126 Å². The molecule has 1 aliphatic rings. The molecule has 0 radical (unpaired) electrons. The van der Waals surface area contributed by atoms with Gasteiger partial charge in [0, 0.05) is 0 Å². The highest BCUT2D eigenvalue weighted by atomic mass is 14.2. The van der Waals surface area contributed by atoms with Crippen LogP contribution in [0.15, 0.2) is 46.6 Å². The van der Waals surface area contributed by atoms with E-state index in [1.807, 2.05) is 0 Å². The van der Waals surface area contributed by atoms with Gasteiger partial charge < -0.3 is 0 Å². The van der Waals surface area contributed by atoms with E-state index in [1.54, 1.807) is 16.7 Å². The Morgan fingerprint density at radius 3 is 2.45 bits per heavy atom. The summed E-state index contributed by atoms with van der Waals surface area (Å²) >= 11 is 0. The van der Waals surface area contributed by atoms with E-state index in [9.17, 15) is 0 Å². The Kier molecular flexibility index (Phi) is 7.65. The minimum absolute atomic E-state index is 0.719. The SMILES string of the molecule is CC(C)=CCC=C(C)C1CC=C(C)CCC=C(C)CC1.